The molecule has 9 heteroatoms. The summed E-state index contributed by atoms with van der Waals surface area (Å²) in [5.74, 6) is -0.406. The van der Waals surface area contributed by atoms with Gasteiger partial charge in [0.05, 0.1) is 23.5 Å². The molecular weight excluding hydrogens is 581 g/mol. The fourth-order valence-corrected chi connectivity index (χ4v) is 6.29. The van der Waals surface area contributed by atoms with Crippen LogP contribution in [-0.4, -0.2) is 40.1 Å². The van der Waals surface area contributed by atoms with E-state index in [0.717, 1.165) is 27.9 Å². The molecule has 0 spiro atoms. The van der Waals surface area contributed by atoms with Gasteiger partial charge in [0, 0.05) is 48.7 Å². The van der Waals surface area contributed by atoms with Gasteiger partial charge >= 0.3 is 0 Å². The minimum Gasteiger partial charge on any atom is -0.494 e. The summed E-state index contributed by atoms with van der Waals surface area (Å²) in [5, 5.41) is 12.9. The van der Waals surface area contributed by atoms with Crippen molar-refractivity contribution in [2.45, 2.75) is 44.2 Å². The van der Waals surface area contributed by atoms with Gasteiger partial charge in [-0.2, -0.15) is 0 Å². The SMILES string of the molecule is Cn1c(C(=O)C2CCC(NCc3cccc(F)c3)(C(N)=O)CC2)cc(-c2ccccc2Cl)c1-c1ccc(OCCCO)cc1. The third kappa shape index (κ3) is 6.73. The molecule has 1 heterocycles. The molecule has 1 saturated carbocycles. The molecule has 0 aliphatic heterocycles. The van der Waals surface area contributed by atoms with Gasteiger partial charge in [-0.15, -0.1) is 0 Å². The molecule has 0 unspecified atom stereocenters. The lowest BCUT2D eigenvalue weighted by molar-refractivity contribution is -0.126. The number of primary amides is 1. The van der Waals surface area contributed by atoms with Crippen LogP contribution in [0.3, 0.4) is 0 Å². The van der Waals surface area contributed by atoms with Gasteiger partial charge in [-0.05, 0) is 85.3 Å². The highest BCUT2D eigenvalue weighted by atomic mass is 35.5. The highest BCUT2D eigenvalue weighted by molar-refractivity contribution is 6.33. The average molecular weight is 618 g/mol. The van der Waals surface area contributed by atoms with Crippen LogP contribution in [0.15, 0.2) is 78.9 Å². The van der Waals surface area contributed by atoms with E-state index in [2.05, 4.69) is 5.32 Å². The van der Waals surface area contributed by atoms with Crippen molar-refractivity contribution in [1.29, 1.82) is 0 Å². The Morgan fingerprint density at radius 2 is 1.77 bits per heavy atom. The van der Waals surface area contributed by atoms with Crippen LogP contribution in [0.25, 0.3) is 22.4 Å². The van der Waals surface area contributed by atoms with Crippen molar-refractivity contribution in [2.75, 3.05) is 13.2 Å². The second-order valence-corrected chi connectivity index (χ2v) is 11.8. The van der Waals surface area contributed by atoms with E-state index >= 15 is 0 Å². The zero-order chi connectivity index (χ0) is 31.3. The lowest BCUT2D eigenvalue weighted by Crippen LogP contribution is -2.57. The molecule has 7 nitrogen and oxygen atoms in total. The first-order chi connectivity index (χ1) is 21.2. The predicted molar refractivity (Wildman–Crippen MR) is 170 cm³/mol. The molecule has 0 atom stereocenters. The summed E-state index contributed by atoms with van der Waals surface area (Å²) in [7, 11) is 1.88. The molecule has 1 aliphatic carbocycles. The Labute approximate surface area is 261 Å². The molecule has 4 aromatic rings. The Balaban J connectivity index is 1.40. The van der Waals surface area contributed by atoms with Crippen LogP contribution in [0.5, 0.6) is 5.75 Å². The molecule has 5 rings (SSSR count). The minimum absolute atomic E-state index is 0.000730. The monoisotopic (exact) mass is 617 g/mol. The molecule has 1 fully saturated rings. The second kappa shape index (κ2) is 13.8. The Kier molecular flexibility index (Phi) is 9.84. The summed E-state index contributed by atoms with van der Waals surface area (Å²) < 4.78 is 21.3. The Bertz CT molecular complexity index is 1630. The van der Waals surface area contributed by atoms with Gasteiger partial charge in [-0.25, -0.2) is 4.39 Å². The number of halogens is 2. The molecule has 1 aliphatic rings. The molecule has 1 amide bonds. The number of benzene rings is 3. The summed E-state index contributed by atoms with van der Waals surface area (Å²) in [5.41, 5.74) is 9.59. The number of ketones is 1. The molecule has 44 heavy (non-hydrogen) atoms. The molecule has 1 aromatic heterocycles. The van der Waals surface area contributed by atoms with E-state index in [1.165, 1.54) is 12.1 Å². The number of amides is 1. The van der Waals surface area contributed by atoms with Gasteiger partial charge in [0.15, 0.2) is 5.78 Å². The van der Waals surface area contributed by atoms with Gasteiger partial charge in [0.25, 0.3) is 0 Å². The Morgan fingerprint density at radius 1 is 1.05 bits per heavy atom. The van der Waals surface area contributed by atoms with E-state index < -0.39 is 11.4 Å². The molecule has 0 radical (unpaired) electrons. The number of nitrogens with zero attached hydrogens (tertiary/aromatic N) is 1. The van der Waals surface area contributed by atoms with Crippen LogP contribution < -0.4 is 15.8 Å². The summed E-state index contributed by atoms with van der Waals surface area (Å²) in [6, 6.07) is 23.3. The number of hydrogen-bond acceptors (Lipinski definition) is 5. The number of nitrogens with two attached hydrogens (primary N) is 1. The van der Waals surface area contributed by atoms with E-state index in [-0.39, 0.29) is 24.1 Å². The van der Waals surface area contributed by atoms with Crippen LogP contribution in [0.2, 0.25) is 5.02 Å². The Hall–Kier alpha value is -3.98. The van der Waals surface area contributed by atoms with Gasteiger partial charge in [-0.1, -0.05) is 41.9 Å². The number of aliphatic hydroxyl groups excluding tert-OH is 1. The predicted octanol–water partition coefficient (Wildman–Crippen LogP) is 6.30. The molecule has 4 N–H and O–H groups in total. The smallest absolute Gasteiger partial charge is 0.237 e. The normalized spacial score (nSPS) is 18.2. The number of hydrogen-bond donors (Lipinski definition) is 3. The van der Waals surface area contributed by atoms with Crippen LogP contribution in [0, 0.1) is 11.7 Å². The van der Waals surface area contributed by atoms with Crippen LogP contribution in [0.4, 0.5) is 4.39 Å². The number of rotatable bonds is 12. The standard InChI is InChI=1S/C35H37ClFN3O4/c1-40-31(33(42)25-14-16-35(17-15-25,34(38)43)39-22-23-6-4-7-26(37)20-23)21-29(28-8-2-3-9-30(28)36)32(40)24-10-12-27(13-11-24)44-19-5-18-41/h2-4,6-13,20-21,25,39,41H,5,14-19,22H2,1H3,(H2,38,43). The van der Waals surface area contributed by atoms with Crippen molar-refractivity contribution in [1.82, 2.24) is 9.88 Å². The summed E-state index contributed by atoms with van der Waals surface area (Å²) in [6.07, 6.45) is 2.33. The zero-order valence-electron chi connectivity index (χ0n) is 24.7. The lowest BCUT2D eigenvalue weighted by atomic mass is 9.74. The number of aliphatic hydroxyl groups is 1. The maximum absolute atomic E-state index is 14.1. The highest BCUT2D eigenvalue weighted by Gasteiger charge is 2.42. The number of nitrogens with one attached hydrogen (secondary N) is 1. The maximum Gasteiger partial charge on any atom is 0.237 e. The van der Waals surface area contributed by atoms with Crippen molar-refractivity contribution < 1.29 is 23.8 Å². The second-order valence-electron chi connectivity index (χ2n) is 11.3. The maximum atomic E-state index is 14.1. The number of ether oxygens (including phenoxy) is 1. The average Bonchev–Trinajstić information content (AvgIpc) is 3.37. The lowest BCUT2D eigenvalue weighted by Gasteiger charge is -2.38. The summed E-state index contributed by atoms with van der Waals surface area (Å²) >= 11 is 6.64. The molecule has 0 bridgehead atoms. The zero-order valence-corrected chi connectivity index (χ0v) is 25.4. The Morgan fingerprint density at radius 3 is 2.43 bits per heavy atom. The first-order valence-corrected chi connectivity index (χ1v) is 15.2. The van der Waals surface area contributed by atoms with E-state index in [9.17, 15) is 14.0 Å². The topological polar surface area (TPSA) is 107 Å². The van der Waals surface area contributed by atoms with Gasteiger partial charge in [0.1, 0.15) is 11.6 Å². The molecule has 0 saturated heterocycles. The van der Waals surface area contributed by atoms with Gasteiger partial charge < -0.3 is 20.1 Å². The first kappa shape index (κ1) is 31.4. The number of carbonyl (C=O) groups excluding carboxylic acids is 2. The van der Waals surface area contributed by atoms with Crippen LogP contribution >= 0.6 is 11.6 Å². The van der Waals surface area contributed by atoms with Crippen molar-refractivity contribution in [3.63, 3.8) is 0 Å². The van der Waals surface area contributed by atoms with E-state index in [1.54, 1.807) is 12.1 Å². The van der Waals surface area contributed by atoms with Crippen LogP contribution in [0.1, 0.15) is 48.2 Å². The van der Waals surface area contributed by atoms with E-state index in [4.69, 9.17) is 27.2 Å². The van der Waals surface area contributed by atoms with Gasteiger partial charge in [-0.3, -0.25) is 14.9 Å². The highest BCUT2D eigenvalue weighted by Crippen LogP contribution is 2.41. The first-order valence-electron chi connectivity index (χ1n) is 14.8. The fourth-order valence-electron chi connectivity index (χ4n) is 6.05. The van der Waals surface area contributed by atoms with Gasteiger partial charge in [0.2, 0.25) is 5.91 Å². The molecule has 3 aromatic carbocycles. The van der Waals surface area contributed by atoms with Crippen molar-refractivity contribution in [3.05, 3.63) is 101 Å². The number of aromatic nitrogens is 1. The largest absolute Gasteiger partial charge is 0.494 e. The fraction of sp³-hybridized carbons (Fsp3) is 0.314. The summed E-state index contributed by atoms with van der Waals surface area (Å²) in [6.45, 7) is 0.782. The van der Waals surface area contributed by atoms with E-state index in [0.29, 0.717) is 61.7 Å². The summed E-state index contributed by atoms with van der Waals surface area (Å²) in [4.78, 5) is 26.7. The quantitative estimate of drug-likeness (QED) is 0.128. The van der Waals surface area contributed by atoms with E-state index in [1.807, 2.05) is 66.2 Å². The van der Waals surface area contributed by atoms with Crippen molar-refractivity contribution in [2.24, 2.45) is 18.7 Å². The third-order valence-corrected chi connectivity index (χ3v) is 8.88. The third-order valence-electron chi connectivity index (χ3n) is 8.55. The molecular formula is C35H37ClFN3O4. The van der Waals surface area contributed by atoms with Crippen molar-refractivity contribution in [3.8, 4) is 28.1 Å². The molecule has 230 valence electrons. The van der Waals surface area contributed by atoms with Crippen molar-refractivity contribution >= 4 is 23.3 Å². The number of carbonyl (C=O) groups is 2. The minimum atomic E-state index is -0.966. The number of Topliss-reactive ketones (excluding diaryl/α,β-unsaturated/α-hetero) is 1. The van der Waals surface area contributed by atoms with Crippen LogP contribution in [-0.2, 0) is 18.4 Å².